The molecule has 0 aromatic rings. The van der Waals surface area contributed by atoms with Gasteiger partial charge in [0.1, 0.15) is 5.76 Å². The summed E-state index contributed by atoms with van der Waals surface area (Å²) >= 11 is 5.69. The van der Waals surface area contributed by atoms with Gasteiger partial charge in [0.15, 0.2) is 4.87 Å². The first-order valence-electron chi connectivity index (χ1n) is 3.61. The van der Waals surface area contributed by atoms with Gasteiger partial charge in [0, 0.05) is 12.5 Å². The molecule has 0 saturated carbocycles. The summed E-state index contributed by atoms with van der Waals surface area (Å²) in [4.78, 5) is 18.8. The first-order valence-corrected chi connectivity index (χ1v) is 3.98. The summed E-state index contributed by atoms with van der Waals surface area (Å²) in [5.74, 6) is -1.27. The van der Waals surface area contributed by atoms with Gasteiger partial charge in [0.05, 0.1) is 11.0 Å². The Balaban J connectivity index is 3.14. The van der Waals surface area contributed by atoms with E-state index < -0.39 is 21.4 Å². The largest absolute Gasteiger partial charge is 0.512 e. The van der Waals surface area contributed by atoms with Crippen LogP contribution in [0.5, 0.6) is 0 Å². The number of aliphatic hydroxyl groups is 1. The van der Waals surface area contributed by atoms with E-state index in [2.05, 4.69) is 0 Å². The zero-order valence-corrected chi connectivity index (χ0v) is 7.69. The van der Waals surface area contributed by atoms with Crippen LogP contribution in [0.4, 0.5) is 0 Å². The maximum atomic E-state index is 10.9. The molecule has 0 fully saturated rings. The second kappa shape index (κ2) is 3.30. The van der Waals surface area contributed by atoms with Crippen molar-refractivity contribution in [3.8, 4) is 0 Å². The van der Waals surface area contributed by atoms with Crippen molar-refractivity contribution in [2.75, 3.05) is 0 Å². The average Bonchev–Trinajstić information content (AvgIpc) is 2.02. The number of nitrogens with zero attached hydrogens (tertiary/aromatic N) is 1. The van der Waals surface area contributed by atoms with Crippen LogP contribution in [0.2, 0.25) is 0 Å². The van der Waals surface area contributed by atoms with Crippen molar-refractivity contribution in [3.63, 3.8) is 0 Å². The quantitative estimate of drug-likeness (QED) is 0.399. The fourth-order valence-corrected chi connectivity index (χ4v) is 1.32. The number of amides is 1. The Morgan fingerprint density at radius 2 is 2.36 bits per heavy atom. The average molecular weight is 219 g/mol. The number of hydrogen-bond donors (Lipinski definition) is 2. The van der Waals surface area contributed by atoms with Gasteiger partial charge >= 0.3 is 0 Å². The van der Waals surface area contributed by atoms with Gasteiger partial charge in [-0.05, 0) is 0 Å². The number of rotatable bonds is 2. The molecule has 1 unspecified atom stereocenters. The number of allylic oxidation sites excluding steroid dienone is 2. The van der Waals surface area contributed by atoms with E-state index in [1.165, 1.54) is 0 Å². The van der Waals surface area contributed by atoms with Gasteiger partial charge in [-0.15, -0.1) is 11.6 Å². The highest BCUT2D eigenvalue weighted by molar-refractivity contribution is 6.36. The number of aliphatic hydroxyl groups excluding tert-OH is 1. The number of alkyl halides is 1. The monoisotopic (exact) mass is 218 g/mol. The number of carbonyl (C=O) groups excluding carboxylic acids is 1. The first-order chi connectivity index (χ1) is 6.35. The lowest BCUT2D eigenvalue weighted by Gasteiger charge is -2.20. The van der Waals surface area contributed by atoms with E-state index in [1.54, 1.807) is 0 Å². The molecule has 76 valence electrons. The van der Waals surface area contributed by atoms with E-state index in [-0.39, 0.29) is 12.2 Å². The van der Waals surface area contributed by atoms with Gasteiger partial charge in [-0.3, -0.25) is 14.9 Å². The Morgan fingerprint density at radius 1 is 1.79 bits per heavy atom. The standard InChI is InChI=1S/C7H7ClN2O4/c8-7(6(9)12)2-4(10(13)14)1-5(11)3-7/h1-2,11H,3H2,(H2,9,12). The van der Waals surface area contributed by atoms with Crippen molar-refractivity contribution in [3.05, 3.63) is 33.7 Å². The van der Waals surface area contributed by atoms with Crippen molar-refractivity contribution in [2.45, 2.75) is 11.3 Å². The normalized spacial score (nSPS) is 26.4. The number of carbonyl (C=O) groups is 1. The molecule has 7 heteroatoms. The molecule has 6 nitrogen and oxygen atoms in total. The zero-order chi connectivity index (χ0) is 10.9. The van der Waals surface area contributed by atoms with E-state index in [0.29, 0.717) is 0 Å². The van der Waals surface area contributed by atoms with Crippen molar-refractivity contribution < 1.29 is 14.8 Å². The van der Waals surface area contributed by atoms with Crippen LogP contribution < -0.4 is 5.73 Å². The molecule has 14 heavy (non-hydrogen) atoms. The van der Waals surface area contributed by atoms with Crippen LogP contribution in [0.1, 0.15) is 6.42 Å². The molecule has 0 saturated heterocycles. The molecule has 0 aromatic carbocycles. The van der Waals surface area contributed by atoms with Gasteiger partial charge in [-0.25, -0.2) is 0 Å². The predicted octanol–water partition coefficient (Wildman–Crippen LogP) is 0.456. The van der Waals surface area contributed by atoms with Gasteiger partial charge in [0.25, 0.3) is 5.70 Å². The fraction of sp³-hybridized carbons (Fsp3) is 0.286. The van der Waals surface area contributed by atoms with Crippen molar-refractivity contribution >= 4 is 17.5 Å². The van der Waals surface area contributed by atoms with Crippen molar-refractivity contribution in [1.82, 2.24) is 0 Å². The van der Waals surface area contributed by atoms with Crippen LogP contribution in [-0.2, 0) is 4.79 Å². The van der Waals surface area contributed by atoms with Crippen LogP contribution in [0.15, 0.2) is 23.6 Å². The van der Waals surface area contributed by atoms with E-state index in [1.807, 2.05) is 0 Å². The molecular formula is C7H7ClN2O4. The lowest BCUT2D eigenvalue weighted by molar-refractivity contribution is -0.419. The summed E-state index contributed by atoms with van der Waals surface area (Å²) in [5.41, 5.74) is 4.51. The Kier molecular flexibility index (Phi) is 2.48. The molecule has 0 heterocycles. The van der Waals surface area contributed by atoms with Crippen LogP contribution in [0, 0.1) is 10.1 Å². The predicted molar refractivity (Wildman–Crippen MR) is 48.2 cm³/mol. The summed E-state index contributed by atoms with van der Waals surface area (Å²) in [6, 6.07) is 0. The molecule has 1 aliphatic carbocycles. The SMILES string of the molecule is NC(=O)C1(Cl)C=C([N+](=O)[O-])C=C(O)C1. The smallest absolute Gasteiger partial charge is 0.271 e. The fourth-order valence-electron chi connectivity index (χ4n) is 1.08. The molecule has 0 aliphatic heterocycles. The van der Waals surface area contributed by atoms with Gasteiger partial charge in [0.2, 0.25) is 5.91 Å². The minimum Gasteiger partial charge on any atom is -0.512 e. The minimum absolute atomic E-state index is 0.235. The summed E-state index contributed by atoms with van der Waals surface area (Å²) in [7, 11) is 0. The molecule has 1 atom stereocenters. The lowest BCUT2D eigenvalue weighted by Crippen LogP contribution is -2.39. The molecule has 0 spiro atoms. The number of halogens is 1. The second-order valence-corrected chi connectivity index (χ2v) is 3.54. The minimum atomic E-state index is -1.71. The third-order valence-electron chi connectivity index (χ3n) is 1.75. The van der Waals surface area contributed by atoms with Gasteiger partial charge in [-0.2, -0.15) is 0 Å². The van der Waals surface area contributed by atoms with Crippen molar-refractivity contribution in [1.29, 1.82) is 0 Å². The number of nitrogens with two attached hydrogens (primary N) is 1. The maximum absolute atomic E-state index is 10.9. The molecule has 0 bridgehead atoms. The highest BCUT2D eigenvalue weighted by Crippen LogP contribution is 2.31. The molecule has 0 radical (unpaired) electrons. The lowest BCUT2D eigenvalue weighted by atomic mass is 9.96. The molecule has 1 rings (SSSR count). The third-order valence-corrected chi connectivity index (χ3v) is 2.18. The van der Waals surface area contributed by atoms with Gasteiger partial charge in [-0.1, -0.05) is 0 Å². The number of nitro groups is 1. The van der Waals surface area contributed by atoms with Crippen LogP contribution in [-0.4, -0.2) is 20.8 Å². The van der Waals surface area contributed by atoms with E-state index >= 15 is 0 Å². The summed E-state index contributed by atoms with van der Waals surface area (Å²) in [6.07, 6.45) is 1.63. The molecule has 0 aromatic heterocycles. The number of primary amides is 1. The van der Waals surface area contributed by atoms with E-state index in [9.17, 15) is 14.9 Å². The molecule has 1 aliphatic rings. The molecule has 3 N–H and O–H groups in total. The Bertz CT molecular complexity index is 363. The summed E-state index contributed by atoms with van der Waals surface area (Å²) in [5, 5.41) is 19.5. The second-order valence-electron chi connectivity index (χ2n) is 2.87. The molecule has 1 amide bonds. The van der Waals surface area contributed by atoms with E-state index in [0.717, 1.165) is 12.2 Å². The Labute approximate surface area is 83.8 Å². The van der Waals surface area contributed by atoms with Crippen LogP contribution in [0.3, 0.4) is 0 Å². The zero-order valence-electron chi connectivity index (χ0n) is 6.94. The van der Waals surface area contributed by atoms with Crippen LogP contribution in [0.25, 0.3) is 0 Å². The Hall–Kier alpha value is -1.56. The summed E-state index contributed by atoms with van der Waals surface area (Å²) < 4.78 is 0. The van der Waals surface area contributed by atoms with E-state index in [4.69, 9.17) is 22.4 Å². The maximum Gasteiger partial charge on any atom is 0.271 e. The molecular weight excluding hydrogens is 212 g/mol. The summed E-state index contributed by atoms with van der Waals surface area (Å²) in [6.45, 7) is 0. The Morgan fingerprint density at radius 3 is 2.79 bits per heavy atom. The third kappa shape index (κ3) is 1.85. The highest BCUT2D eigenvalue weighted by atomic mass is 35.5. The number of hydrogen-bond acceptors (Lipinski definition) is 4. The van der Waals surface area contributed by atoms with Crippen LogP contribution >= 0.6 is 11.6 Å². The highest BCUT2D eigenvalue weighted by Gasteiger charge is 2.39. The van der Waals surface area contributed by atoms with Gasteiger partial charge < -0.3 is 10.8 Å². The first kappa shape index (κ1) is 10.5. The topological polar surface area (TPSA) is 106 Å². The van der Waals surface area contributed by atoms with Crippen molar-refractivity contribution in [2.24, 2.45) is 5.73 Å².